The summed E-state index contributed by atoms with van der Waals surface area (Å²) >= 11 is 0. The molecular formula is C12H17N7O3. The summed E-state index contributed by atoms with van der Waals surface area (Å²) in [6.45, 7) is 3.57. The van der Waals surface area contributed by atoms with Gasteiger partial charge in [-0.2, -0.15) is 4.99 Å². The van der Waals surface area contributed by atoms with Crippen LogP contribution in [0.2, 0.25) is 0 Å². The Balaban J connectivity index is 2.19. The molecule has 2 rings (SSSR count). The van der Waals surface area contributed by atoms with Crippen LogP contribution in [0.4, 0.5) is 5.82 Å². The molecule has 1 aromatic heterocycles. The number of aliphatic imine (C=N–C) groups is 1. The number of fused-ring (bicyclic) bond motifs is 1. The van der Waals surface area contributed by atoms with Crippen LogP contribution in [0.3, 0.4) is 0 Å². The summed E-state index contributed by atoms with van der Waals surface area (Å²) in [7, 11) is 0. The second-order valence-corrected chi connectivity index (χ2v) is 4.64. The van der Waals surface area contributed by atoms with Gasteiger partial charge in [-0.15, -0.1) is 0 Å². The Labute approximate surface area is 126 Å². The van der Waals surface area contributed by atoms with Crippen molar-refractivity contribution in [2.24, 2.45) is 16.5 Å². The molecule has 0 fully saturated rings. The minimum Gasteiger partial charge on any atom is -0.480 e. The van der Waals surface area contributed by atoms with Crippen LogP contribution in [0.1, 0.15) is 5.69 Å². The molecule has 10 heteroatoms. The summed E-state index contributed by atoms with van der Waals surface area (Å²) in [5, 5.41) is 11.6. The molecule has 1 aliphatic heterocycles. The Morgan fingerprint density at radius 2 is 2.23 bits per heavy atom. The molecule has 0 aromatic carbocycles. The van der Waals surface area contributed by atoms with Crippen molar-refractivity contribution in [2.45, 2.75) is 6.54 Å². The molecule has 1 amide bonds. The van der Waals surface area contributed by atoms with E-state index in [0.29, 0.717) is 17.2 Å². The molecule has 0 aliphatic carbocycles. The number of hydrogen-bond donors (Lipinski definition) is 4. The molecule has 118 valence electrons. The molecule has 6 N–H and O–H groups in total. The third-order valence-corrected chi connectivity index (χ3v) is 2.98. The zero-order valence-electron chi connectivity index (χ0n) is 11.8. The van der Waals surface area contributed by atoms with Crippen LogP contribution in [-0.2, 0) is 16.1 Å². The zero-order valence-corrected chi connectivity index (χ0v) is 11.8. The van der Waals surface area contributed by atoms with Gasteiger partial charge in [-0.05, 0) is 0 Å². The van der Waals surface area contributed by atoms with E-state index in [9.17, 15) is 9.59 Å². The minimum atomic E-state index is -1.10. The van der Waals surface area contributed by atoms with Crippen LogP contribution >= 0.6 is 0 Å². The molecule has 0 atom stereocenters. The van der Waals surface area contributed by atoms with Crippen LogP contribution in [0, 0.1) is 0 Å². The number of aliphatic carboxylic acids is 1. The van der Waals surface area contributed by atoms with E-state index in [2.05, 4.69) is 21.9 Å². The number of imidazole rings is 1. The Morgan fingerprint density at radius 1 is 1.50 bits per heavy atom. The number of nitrogens with zero attached hydrogens (tertiary/aromatic N) is 4. The number of carbonyl (C=O) groups is 2. The first-order chi connectivity index (χ1) is 10.4. The molecule has 1 aliphatic rings. The van der Waals surface area contributed by atoms with Gasteiger partial charge < -0.3 is 31.4 Å². The van der Waals surface area contributed by atoms with Crippen molar-refractivity contribution in [3.8, 4) is 0 Å². The van der Waals surface area contributed by atoms with E-state index >= 15 is 0 Å². The van der Waals surface area contributed by atoms with E-state index < -0.39 is 18.4 Å². The van der Waals surface area contributed by atoms with Crippen molar-refractivity contribution in [2.75, 3.05) is 19.6 Å². The molecular weight excluding hydrogens is 290 g/mol. The van der Waals surface area contributed by atoms with Gasteiger partial charge in [-0.25, -0.2) is 4.98 Å². The summed E-state index contributed by atoms with van der Waals surface area (Å²) in [5.41, 5.74) is 12.0. The van der Waals surface area contributed by atoms with Crippen molar-refractivity contribution >= 4 is 29.4 Å². The second-order valence-electron chi connectivity index (χ2n) is 4.64. The van der Waals surface area contributed by atoms with Crippen molar-refractivity contribution in [1.29, 1.82) is 0 Å². The number of nitrogens with one attached hydrogen (secondary N) is 1. The molecule has 10 nitrogen and oxygen atoms in total. The molecule has 0 spiro atoms. The van der Waals surface area contributed by atoms with E-state index in [1.165, 1.54) is 10.9 Å². The fourth-order valence-electron chi connectivity index (χ4n) is 2.03. The average molecular weight is 307 g/mol. The van der Waals surface area contributed by atoms with Gasteiger partial charge >= 0.3 is 5.97 Å². The lowest BCUT2D eigenvalue weighted by atomic mass is 10.3. The Morgan fingerprint density at radius 3 is 2.86 bits per heavy atom. The van der Waals surface area contributed by atoms with Crippen LogP contribution in [0.15, 0.2) is 17.9 Å². The predicted octanol–water partition coefficient (Wildman–Crippen LogP) is -1.72. The molecule has 0 radical (unpaired) electrons. The van der Waals surface area contributed by atoms with Gasteiger partial charge in [0.2, 0.25) is 5.91 Å². The Kier molecular flexibility index (Phi) is 4.41. The first-order valence-corrected chi connectivity index (χ1v) is 6.47. The molecule has 0 unspecified atom stereocenters. The standard InChI is InChI=1S/C12H17N7O3/c1-7-10-11(17-12(14)16-7)19(6-15-10)4-8(20)18(3-2-13)5-9(21)22/h6H,1-5,13H2,(H,21,22)(H3,14,16,17). The first kappa shape index (κ1) is 15.5. The Bertz CT molecular complexity index is 649. The summed E-state index contributed by atoms with van der Waals surface area (Å²) in [4.78, 5) is 32.4. The van der Waals surface area contributed by atoms with E-state index in [1.807, 2.05) is 0 Å². The largest absolute Gasteiger partial charge is 0.480 e. The van der Waals surface area contributed by atoms with Gasteiger partial charge in [0.25, 0.3) is 0 Å². The van der Waals surface area contributed by atoms with Gasteiger partial charge in [0.1, 0.15) is 18.8 Å². The van der Waals surface area contributed by atoms with Crippen molar-refractivity contribution < 1.29 is 14.7 Å². The Hall–Kier alpha value is -2.88. The van der Waals surface area contributed by atoms with Gasteiger partial charge in [-0.3, -0.25) is 9.59 Å². The van der Waals surface area contributed by atoms with Crippen molar-refractivity contribution in [3.05, 3.63) is 18.6 Å². The number of rotatable bonds is 6. The normalized spacial score (nSPS) is 13.1. The predicted molar refractivity (Wildman–Crippen MR) is 78.9 cm³/mol. The lowest BCUT2D eigenvalue weighted by molar-refractivity contribution is -0.144. The molecule has 0 bridgehead atoms. The van der Waals surface area contributed by atoms with Crippen LogP contribution in [-0.4, -0.2) is 57.0 Å². The lowest BCUT2D eigenvalue weighted by Gasteiger charge is -2.21. The minimum absolute atomic E-state index is 0.111. The quantitative estimate of drug-likeness (QED) is 0.487. The molecule has 22 heavy (non-hydrogen) atoms. The number of carboxylic acids is 1. The number of carbonyl (C=O) groups excluding carboxylic acids is 1. The SMILES string of the molecule is C=C1NC(N)=Nc2c1ncn2CC(=O)N(CCN)CC(=O)O. The number of carboxylic acid groups (broad SMARTS) is 1. The summed E-state index contributed by atoms with van der Waals surface area (Å²) in [5.74, 6) is -0.950. The maximum atomic E-state index is 12.2. The highest BCUT2D eigenvalue weighted by atomic mass is 16.4. The van der Waals surface area contributed by atoms with Crippen molar-refractivity contribution in [1.82, 2.24) is 19.8 Å². The van der Waals surface area contributed by atoms with Crippen molar-refractivity contribution in [3.63, 3.8) is 0 Å². The van der Waals surface area contributed by atoms with Crippen LogP contribution < -0.4 is 16.8 Å². The smallest absolute Gasteiger partial charge is 0.323 e. The van der Waals surface area contributed by atoms with Gasteiger partial charge in [0.05, 0.1) is 12.0 Å². The fraction of sp³-hybridized carbons (Fsp3) is 0.333. The number of guanidine groups is 1. The summed E-state index contributed by atoms with van der Waals surface area (Å²) in [6, 6.07) is 0. The topological polar surface area (TPSA) is 152 Å². The number of amides is 1. The van der Waals surface area contributed by atoms with Crippen LogP contribution in [0.25, 0.3) is 5.70 Å². The van der Waals surface area contributed by atoms with Gasteiger partial charge in [-0.1, -0.05) is 6.58 Å². The fourth-order valence-corrected chi connectivity index (χ4v) is 2.03. The van der Waals surface area contributed by atoms with E-state index in [-0.39, 0.29) is 25.6 Å². The maximum absolute atomic E-state index is 12.2. The number of nitrogens with two attached hydrogens (primary N) is 2. The zero-order chi connectivity index (χ0) is 16.3. The lowest BCUT2D eigenvalue weighted by Crippen LogP contribution is -2.40. The first-order valence-electron chi connectivity index (χ1n) is 6.47. The van der Waals surface area contributed by atoms with E-state index in [0.717, 1.165) is 4.90 Å². The summed E-state index contributed by atoms with van der Waals surface area (Å²) in [6.07, 6.45) is 1.43. The third kappa shape index (κ3) is 3.23. The van der Waals surface area contributed by atoms with Gasteiger partial charge in [0.15, 0.2) is 11.8 Å². The number of aromatic nitrogens is 2. The molecule has 2 heterocycles. The molecule has 1 aromatic rings. The van der Waals surface area contributed by atoms with E-state index in [1.54, 1.807) is 0 Å². The highest BCUT2D eigenvalue weighted by molar-refractivity contribution is 5.94. The number of hydrogen-bond acceptors (Lipinski definition) is 7. The van der Waals surface area contributed by atoms with E-state index in [4.69, 9.17) is 16.6 Å². The highest BCUT2D eigenvalue weighted by Crippen LogP contribution is 2.26. The van der Waals surface area contributed by atoms with Crippen LogP contribution in [0.5, 0.6) is 0 Å². The summed E-state index contributed by atoms with van der Waals surface area (Å²) < 4.78 is 1.49. The highest BCUT2D eigenvalue weighted by Gasteiger charge is 2.22. The average Bonchev–Trinajstić information content (AvgIpc) is 2.81. The monoisotopic (exact) mass is 307 g/mol. The molecule has 0 saturated carbocycles. The molecule has 0 saturated heterocycles. The van der Waals surface area contributed by atoms with Gasteiger partial charge in [0, 0.05) is 13.1 Å². The maximum Gasteiger partial charge on any atom is 0.323 e. The second kappa shape index (κ2) is 6.26. The third-order valence-electron chi connectivity index (χ3n) is 2.98.